The SMILES string of the molecule is CC(C)(C)OC(=O)NCCOC(=O)Cc1cccc2c1CN(C1CCC(=O)NC1=O)C2=O.CO[C@H]1/C=C\C=C(/C)C(=O)NC2=CC(=O)C(CO)=C(C[C@@H](C)C[C@H](OC)[C@@H](O)[C@@H](C)/C=C(\C)[C@@H]1OC(N)=O)C2=O.CO[C@H]1/C=C\C=C(/C)C(=O)NC2=CC(=O)C(NCCOC(=O)Cc3cccc4c3CN(C3CCC(=O)NC3=O)C4=O)=C(C[C@@H](C)C[C@H](OC)[C@@H](O)[C@@H](C)/C=C(\C)[C@@H]1OC(N)=O)C2=O. The first kappa shape index (κ1) is 107. The number of Topliss-reactive ketones (excluding diaryl/α,β-unsaturated/α-hetero) is 2. The number of methoxy groups -OCH3 is 4. The van der Waals surface area contributed by atoms with Gasteiger partial charge < -0.3 is 100 Å². The van der Waals surface area contributed by atoms with Crippen molar-refractivity contribution in [3.8, 4) is 0 Å². The minimum absolute atomic E-state index is 0.0194. The number of fused-ring (bicyclic) bond motifs is 6. The van der Waals surface area contributed by atoms with E-state index in [-0.39, 0.29) is 172 Å². The van der Waals surface area contributed by atoms with Gasteiger partial charge in [0.2, 0.25) is 41.0 Å². The van der Waals surface area contributed by atoms with Crippen LogP contribution in [-0.4, -0.2) is 254 Å². The molecule has 6 aliphatic heterocycles. The fraction of sp³-hybridized carbons (Fsp3) is 0.490. The lowest BCUT2D eigenvalue weighted by atomic mass is 9.83. The van der Waals surface area contributed by atoms with Crippen LogP contribution in [0.15, 0.2) is 153 Å². The molecule has 135 heavy (non-hydrogen) atoms. The Bertz CT molecular complexity index is 5250. The normalized spacial score (nSPS) is 27.3. The van der Waals surface area contributed by atoms with Crippen molar-refractivity contribution in [2.24, 2.45) is 35.1 Å². The van der Waals surface area contributed by atoms with Crippen molar-refractivity contribution in [2.45, 2.75) is 220 Å². The van der Waals surface area contributed by atoms with E-state index in [4.69, 9.17) is 54.1 Å². The number of carbonyl (C=O) groups excluding carboxylic acids is 17. The van der Waals surface area contributed by atoms with E-state index in [0.717, 1.165) is 12.2 Å². The van der Waals surface area contributed by atoms with Crippen LogP contribution in [-0.2, 0) is 126 Å². The number of piperidine rings is 2. The molecule has 39 heteroatoms. The van der Waals surface area contributed by atoms with E-state index in [1.165, 1.54) is 76.4 Å². The van der Waals surface area contributed by atoms with Crippen molar-refractivity contribution in [3.63, 3.8) is 0 Å². The number of alkyl carbamates (subject to hydrolysis) is 1. The standard InChI is InChI=1S/C45H55N5O13.C29H40N2O9.C22H27N3O7/c1-23-17-29-38(47-15-16-62-37(53)20-27-10-8-11-28-30(27)22-50(44(28)58)32-13-14-36(52)49-43(32)57)33(51)21-31(40(29)55)48-42(56)24(2)9-7-12-34(60-5)41(63-45(46)59)26(4)19-25(3)39(54)35(18-23)61-6;1-15-10-19-20(14-32)22(33)13-21(26(19)35)31-28(36)16(2)8-7-9-23(38-5)27(40-29(30)37)18(4)12-17(3)25(34)24(11-15)39-6;1-22(2,3)32-21(30)23-9-10-31-18(27)11-13-5-4-6-14-15(13)12-25(20(14)29)16-7-8-17(26)24-19(16)28/h7-12,19,21,23,25,32,34-35,39,41,47,54H,13-18,20,22H2,1-6H3,(H2,46,59)(H,48,56)(H,49,52,57);7-9,12-13,15,17,23-25,27,32,34H,10-11,14H2,1-6H3,(H2,30,37)(H,31,36);4-6,16H,7-12H2,1-3H3,(H,23,30)(H,24,26,28)/b12-7-,24-9+,26-19+;9-7-,16-8+,18-12+;/t23-,25+,32?,34+,35+,39+,41+;15-,17+,23+,24+,25+,27+;/m11./s1. The number of rotatable bonds is 20. The fourth-order valence-electron chi connectivity index (χ4n) is 16.6. The van der Waals surface area contributed by atoms with Gasteiger partial charge in [0.05, 0.1) is 67.5 Å². The number of imide groups is 2. The lowest BCUT2D eigenvalue weighted by Gasteiger charge is -2.30. The van der Waals surface area contributed by atoms with Gasteiger partial charge in [-0.1, -0.05) is 101 Å². The van der Waals surface area contributed by atoms with Gasteiger partial charge in [0, 0.05) is 124 Å². The van der Waals surface area contributed by atoms with E-state index in [1.807, 2.05) is 13.8 Å². The van der Waals surface area contributed by atoms with E-state index < -0.39 is 168 Å². The molecule has 11 amide bonds. The number of esters is 2. The number of primary amides is 2. The number of nitrogens with zero attached hydrogens (tertiary/aromatic N) is 2. The van der Waals surface area contributed by atoms with E-state index in [2.05, 4.69) is 31.9 Å². The molecule has 13 N–H and O–H groups in total. The molecule has 0 saturated carbocycles. The Morgan fingerprint density at radius 1 is 0.548 bits per heavy atom. The minimum atomic E-state index is -1.06. The number of hydrogen-bond acceptors (Lipinski definition) is 30. The molecule has 2 aromatic rings. The number of hydrogen-bond donors (Lipinski definition) is 11. The number of allylic oxidation sites excluding steroid dienone is 8. The fourth-order valence-corrected chi connectivity index (χ4v) is 16.6. The molecule has 4 bridgehead atoms. The van der Waals surface area contributed by atoms with Gasteiger partial charge in [-0.2, -0.15) is 0 Å². The lowest BCUT2D eigenvalue weighted by Crippen LogP contribution is -2.52. The summed E-state index contributed by atoms with van der Waals surface area (Å²) in [4.78, 5) is 217. The highest BCUT2D eigenvalue weighted by Gasteiger charge is 2.44. The Morgan fingerprint density at radius 2 is 0.963 bits per heavy atom. The van der Waals surface area contributed by atoms with Gasteiger partial charge in [0.1, 0.15) is 43.1 Å². The van der Waals surface area contributed by atoms with E-state index >= 15 is 0 Å². The summed E-state index contributed by atoms with van der Waals surface area (Å²) in [5.74, 6) is -8.77. The Kier molecular flexibility index (Phi) is 39.2. The third-order valence-electron chi connectivity index (χ3n) is 23.6. The van der Waals surface area contributed by atoms with E-state index in [1.54, 1.807) is 109 Å². The Balaban J connectivity index is 0.000000267. The van der Waals surface area contributed by atoms with Crippen LogP contribution in [0.2, 0.25) is 0 Å². The third-order valence-corrected chi connectivity index (χ3v) is 23.6. The molecule has 10 rings (SSSR count). The first-order valence-corrected chi connectivity index (χ1v) is 44.1. The summed E-state index contributed by atoms with van der Waals surface area (Å²) in [6.45, 7) is 18.4. The number of ketones is 4. The highest BCUT2D eigenvalue weighted by Crippen LogP contribution is 2.36. The maximum atomic E-state index is 14.1. The molecule has 0 radical (unpaired) electrons. The van der Waals surface area contributed by atoms with Crippen LogP contribution >= 0.6 is 0 Å². The smallest absolute Gasteiger partial charge is 0.407 e. The Morgan fingerprint density at radius 3 is 1.36 bits per heavy atom. The van der Waals surface area contributed by atoms with Crippen molar-refractivity contribution in [1.82, 2.24) is 41.7 Å². The molecule has 14 atom stereocenters. The summed E-state index contributed by atoms with van der Waals surface area (Å²) in [5, 5.41) is 47.5. The van der Waals surface area contributed by atoms with Crippen LogP contribution in [0.1, 0.15) is 170 Å². The third kappa shape index (κ3) is 29.2. The highest BCUT2D eigenvalue weighted by molar-refractivity contribution is 6.25. The van der Waals surface area contributed by atoms with E-state index in [9.17, 15) is 96.8 Å². The van der Waals surface area contributed by atoms with Crippen LogP contribution in [0.4, 0.5) is 14.4 Å². The summed E-state index contributed by atoms with van der Waals surface area (Å²) in [7, 11) is 5.73. The van der Waals surface area contributed by atoms with Gasteiger partial charge in [-0.25, -0.2) is 14.4 Å². The van der Waals surface area contributed by atoms with Crippen molar-refractivity contribution in [1.29, 1.82) is 0 Å². The molecule has 0 aromatic heterocycles. The Labute approximate surface area is 781 Å². The molecule has 2 saturated heterocycles. The molecule has 2 fully saturated rings. The molecule has 8 aliphatic rings. The van der Waals surface area contributed by atoms with Crippen molar-refractivity contribution >= 4 is 101 Å². The molecule has 6 heterocycles. The summed E-state index contributed by atoms with van der Waals surface area (Å²) in [6, 6.07) is 8.49. The molecular formula is C96H122N10O29. The van der Waals surface area contributed by atoms with Crippen LogP contribution in [0.3, 0.4) is 0 Å². The number of aliphatic hydroxyl groups excluding tert-OH is 3. The quantitative estimate of drug-likeness (QED) is 0.0213. The minimum Gasteiger partial charge on any atom is -0.464 e. The van der Waals surface area contributed by atoms with Gasteiger partial charge >= 0.3 is 30.2 Å². The largest absolute Gasteiger partial charge is 0.464 e. The molecular weight excluding hydrogens is 1760 g/mol. The molecule has 730 valence electrons. The maximum absolute atomic E-state index is 14.1. The molecule has 39 nitrogen and oxygen atoms in total. The predicted molar refractivity (Wildman–Crippen MR) is 483 cm³/mol. The second kappa shape index (κ2) is 49.3. The van der Waals surface area contributed by atoms with Crippen LogP contribution in [0.5, 0.6) is 0 Å². The number of aliphatic hydroxyl groups is 3. The van der Waals surface area contributed by atoms with Crippen molar-refractivity contribution in [3.05, 3.63) is 187 Å². The van der Waals surface area contributed by atoms with Gasteiger partial charge in [-0.15, -0.1) is 0 Å². The summed E-state index contributed by atoms with van der Waals surface area (Å²) >= 11 is 0. The van der Waals surface area contributed by atoms with Crippen molar-refractivity contribution in [2.75, 3.05) is 61.3 Å². The molecule has 2 aliphatic carbocycles. The van der Waals surface area contributed by atoms with Crippen LogP contribution in [0, 0.1) is 23.7 Å². The first-order chi connectivity index (χ1) is 63.8. The van der Waals surface area contributed by atoms with Crippen molar-refractivity contribution < 1.29 is 139 Å². The average molecular weight is 1880 g/mol. The molecule has 2 aromatic carbocycles. The number of amides is 11. The topological polar surface area (TPSA) is 565 Å². The highest BCUT2D eigenvalue weighted by atomic mass is 16.6. The van der Waals surface area contributed by atoms with Gasteiger partial charge in [0.25, 0.3) is 23.6 Å². The maximum Gasteiger partial charge on any atom is 0.407 e. The lowest BCUT2D eigenvalue weighted by molar-refractivity contribution is -0.143. The number of carbonyl (C=O) groups is 17. The number of nitrogens with one attached hydrogen (secondary N) is 6. The zero-order valence-electron chi connectivity index (χ0n) is 78.3. The second-order valence-corrected chi connectivity index (χ2v) is 35.0. The predicted octanol–water partition coefficient (Wildman–Crippen LogP) is 4.75. The number of benzene rings is 2. The van der Waals surface area contributed by atoms with Gasteiger partial charge in [-0.05, 0) is 144 Å². The van der Waals surface area contributed by atoms with E-state index in [0.29, 0.717) is 50.9 Å². The molecule has 0 spiro atoms. The summed E-state index contributed by atoms with van der Waals surface area (Å²) in [6.07, 6.45) is 6.18. The zero-order chi connectivity index (χ0) is 99.7. The summed E-state index contributed by atoms with van der Waals surface area (Å²) in [5.41, 5.74) is 14.5. The van der Waals surface area contributed by atoms with Crippen LogP contribution in [0.25, 0.3) is 0 Å². The number of ether oxygens (including phenoxy) is 9. The Hall–Kier alpha value is -13.1. The number of nitrogens with two attached hydrogens (primary N) is 2. The average Bonchev–Trinajstić information content (AvgIpc) is 1.78. The monoisotopic (exact) mass is 1880 g/mol. The zero-order valence-corrected chi connectivity index (χ0v) is 78.3. The van der Waals surface area contributed by atoms with Crippen LogP contribution < -0.4 is 43.4 Å². The van der Waals surface area contributed by atoms with Gasteiger partial charge in [0.15, 0.2) is 18.0 Å². The summed E-state index contributed by atoms with van der Waals surface area (Å²) < 4.78 is 48.9. The second-order valence-electron chi connectivity index (χ2n) is 35.0. The van der Waals surface area contributed by atoms with Gasteiger partial charge in [-0.3, -0.25) is 77.8 Å². The first-order valence-electron chi connectivity index (χ1n) is 44.1. The molecule has 2 unspecified atom stereocenters.